The molecule has 2 heterocycles. The second-order valence-electron chi connectivity index (χ2n) is 8.57. The number of benzene rings is 3. The van der Waals surface area contributed by atoms with E-state index in [1.807, 2.05) is 65.6 Å². The third kappa shape index (κ3) is 4.70. The highest BCUT2D eigenvalue weighted by Gasteiger charge is 2.30. The maximum atomic E-state index is 13.6. The first kappa shape index (κ1) is 23.3. The number of halogens is 1. The van der Waals surface area contributed by atoms with Gasteiger partial charge in [0.05, 0.1) is 0 Å². The van der Waals surface area contributed by atoms with Crippen LogP contribution in [0.5, 0.6) is 5.75 Å². The van der Waals surface area contributed by atoms with Gasteiger partial charge in [-0.2, -0.15) is 0 Å². The number of aryl methyl sites for hydroxylation is 1. The van der Waals surface area contributed by atoms with E-state index in [0.717, 1.165) is 16.8 Å². The van der Waals surface area contributed by atoms with Crippen molar-refractivity contribution in [3.63, 3.8) is 0 Å². The highest BCUT2D eigenvalue weighted by molar-refractivity contribution is 5.95. The number of hydrogen-bond acceptors (Lipinski definition) is 5. The Morgan fingerprint density at radius 2 is 1.72 bits per heavy atom. The molecule has 0 aliphatic carbocycles. The van der Waals surface area contributed by atoms with Gasteiger partial charge in [-0.15, -0.1) is 0 Å². The van der Waals surface area contributed by atoms with Crippen molar-refractivity contribution in [3.05, 3.63) is 117 Å². The minimum Gasteiger partial charge on any atom is -0.481 e. The largest absolute Gasteiger partial charge is 0.481 e. The Kier molecular flexibility index (Phi) is 6.49. The van der Waals surface area contributed by atoms with Crippen LogP contribution in [-0.4, -0.2) is 22.0 Å². The first-order chi connectivity index (χ1) is 17.5. The first-order valence-electron chi connectivity index (χ1n) is 11.7. The van der Waals surface area contributed by atoms with Gasteiger partial charge in [0.1, 0.15) is 12.4 Å². The van der Waals surface area contributed by atoms with Gasteiger partial charge in [0.15, 0.2) is 5.69 Å². The smallest absolute Gasteiger partial charge is 0.298 e. The van der Waals surface area contributed by atoms with Gasteiger partial charge in [0.2, 0.25) is 11.7 Å². The number of para-hydroxylation sites is 1. The van der Waals surface area contributed by atoms with Crippen LogP contribution < -0.4 is 20.5 Å². The molecule has 1 N–H and O–H groups in total. The van der Waals surface area contributed by atoms with Crippen LogP contribution in [0.2, 0.25) is 0 Å². The van der Waals surface area contributed by atoms with E-state index in [1.54, 1.807) is 19.1 Å². The molecule has 0 fully saturated rings. The van der Waals surface area contributed by atoms with Gasteiger partial charge < -0.3 is 15.0 Å². The number of ether oxygens (including phenoxy) is 1. The summed E-state index contributed by atoms with van der Waals surface area (Å²) in [6.07, 6.45) is 0. The summed E-state index contributed by atoms with van der Waals surface area (Å²) in [6, 6.07) is 23.6. The van der Waals surface area contributed by atoms with Gasteiger partial charge in [-0.1, -0.05) is 60.7 Å². The number of carbonyl (C=O) groups excluding carboxylic acids is 1. The number of amides is 1. The molecule has 0 spiro atoms. The summed E-state index contributed by atoms with van der Waals surface area (Å²) in [5.74, 6) is -0.553. The van der Waals surface area contributed by atoms with E-state index >= 15 is 0 Å². The Morgan fingerprint density at radius 3 is 2.44 bits per heavy atom. The average Bonchev–Trinajstić information content (AvgIpc) is 3.34. The van der Waals surface area contributed by atoms with Crippen molar-refractivity contribution in [3.8, 4) is 5.75 Å². The predicted octanol–water partition coefficient (Wildman–Crippen LogP) is 4.35. The van der Waals surface area contributed by atoms with Gasteiger partial charge >= 0.3 is 0 Å². The minimum absolute atomic E-state index is 0.0798. The molecule has 1 amide bonds. The fourth-order valence-corrected chi connectivity index (χ4v) is 4.18. The van der Waals surface area contributed by atoms with Gasteiger partial charge in [-0.3, -0.25) is 14.2 Å². The molecule has 0 bridgehead atoms. The van der Waals surface area contributed by atoms with E-state index in [4.69, 9.17) is 4.74 Å². The lowest BCUT2D eigenvalue weighted by atomic mass is 10.1. The molecule has 0 radical (unpaired) electrons. The summed E-state index contributed by atoms with van der Waals surface area (Å²) in [4.78, 5) is 33.3. The van der Waals surface area contributed by atoms with Crippen LogP contribution in [0.3, 0.4) is 0 Å². The molecule has 1 aliphatic rings. The van der Waals surface area contributed by atoms with E-state index in [-0.39, 0.29) is 30.4 Å². The summed E-state index contributed by atoms with van der Waals surface area (Å²) in [7, 11) is 0. The zero-order chi connectivity index (χ0) is 25.1. The topological polar surface area (TPSA) is 76.5 Å². The Labute approximate surface area is 207 Å². The Hall–Kier alpha value is -4.46. The zero-order valence-corrected chi connectivity index (χ0v) is 19.8. The first-order valence-corrected chi connectivity index (χ1v) is 11.7. The third-order valence-electron chi connectivity index (χ3n) is 6.08. The Balaban J connectivity index is 1.49. The van der Waals surface area contributed by atoms with Crippen molar-refractivity contribution in [1.82, 2.24) is 14.9 Å². The molecule has 0 saturated carbocycles. The molecule has 5 rings (SSSR count). The SMILES string of the molecule is Cc1cc(CNC(=O)c2nc3n(c(=O)c2OCc2ccccc2)CCN3c2ccccc2)ccc1F. The predicted molar refractivity (Wildman–Crippen MR) is 135 cm³/mol. The van der Waals surface area contributed by atoms with E-state index < -0.39 is 11.5 Å². The van der Waals surface area contributed by atoms with Crippen LogP contribution >= 0.6 is 0 Å². The summed E-state index contributed by atoms with van der Waals surface area (Å²) in [5.41, 5.74) is 2.48. The molecule has 8 heteroatoms. The monoisotopic (exact) mass is 484 g/mol. The van der Waals surface area contributed by atoms with Crippen molar-refractivity contribution < 1.29 is 13.9 Å². The van der Waals surface area contributed by atoms with E-state index in [9.17, 15) is 14.0 Å². The van der Waals surface area contributed by atoms with Gasteiger partial charge in [0.25, 0.3) is 11.5 Å². The fraction of sp³-hybridized carbons (Fsp3) is 0.179. The lowest BCUT2D eigenvalue weighted by molar-refractivity contribution is 0.0940. The van der Waals surface area contributed by atoms with Crippen molar-refractivity contribution in [2.45, 2.75) is 26.6 Å². The van der Waals surface area contributed by atoms with Crippen LogP contribution in [0.25, 0.3) is 0 Å². The number of anilines is 2. The molecule has 0 unspecified atom stereocenters. The number of nitrogens with zero attached hydrogens (tertiary/aromatic N) is 3. The summed E-state index contributed by atoms with van der Waals surface area (Å²) in [5, 5.41) is 2.80. The second kappa shape index (κ2) is 10.0. The quantitative estimate of drug-likeness (QED) is 0.422. The third-order valence-corrected chi connectivity index (χ3v) is 6.08. The van der Waals surface area contributed by atoms with E-state index in [1.165, 1.54) is 10.6 Å². The zero-order valence-electron chi connectivity index (χ0n) is 19.8. The maximum absolute atomic E-state index is 13.6. The summed E-state index contributed by atoms with van der Waals surface area (Å²) in [6.45, 7) is 2.91. The molecular weight excluding hydrogens is 459 g/mol. The Morgan fingerprint density at radius 1 is 1.00 bits per heavy atom. The van der Waals surface area contributed by atoms with Crippen molar-refractivity contribution in [1.29, 1.82) is 0 Å². The second-order valence-corrected chi connectivity index (χ2v) is 8.57. The van der Waals surface area contributed by atoms with Crippen molar-refractivity contribution >= 4 is 17.5 Å². The average molecular weight is 485 g/mol. The summed E-state index contributed by atoms with van der Waals surface area (Å²) >= 11 is 0. The molecule has 1 aliphatic heterocycles. The molecular formula is C28H25FN4O3. The normalized spacial score (nSPS) is 12.3. The molecule has 36 heavy (non-hydrogen) atoms. The van der Waals surface area contributed by atoms with E-state index in [0.29, 0.717) is 24.6 Å². The molecule has 3 aromatic carbocycles. The van der Waals surface area contributed by atoms with Crippen LogP contribution in [0.15, 0.2) is 83.7 Å². The van der Waals surface area contributed by atoms with Gasteiger partial charge in [-0.05, 0) is 41.8 Å². The van der Waals surface area contributed by atoms with Gasteiger partial charge in [-0.25, -0.2) is 9.37 Å². The molecule has 0 atom stereocenters. The van der Waals surface area contributed by atoms with Crippen LogP contribution in [0, 0.1) is 12.7 Å². The van der Waals surface area contributed by atoms with Crippen LogP contribution in [-0.2, 0) is 19.7 Å². The summed E-state index contributed by atoms with van der Waals surface area (Å²) < 4.78 is 21.1. The standard InChI is InChI=1S/C28H25FN4O3/c1-19-16-21(12-13-23(19)29)17-30-26(34)24-25(36-18-20-8-4-2-5-9-20)27(35)33-15-14-32(28(33)31-24)22-10-6-3-7-11-22/h2-13,16H,14-15,17-18H2,1H3,(H,30,34). The van der Waals surface area contributed by atoms with E-state index in [2.05, 4.69) is 10.3 Å². The lowest BCUT2D eigenvalue weighted by Gasteiger charge is -2.19. The van der Waals surface area contributed by atoms with Crippen LogP contribution in [0.4, 0.5) is 16.0 Å². The van der Waals surface area contributed by atoms with Crippen molar-refractivity contribution in [2.24, 2.45) is 0 Å². The van der Waals surface area contributed by atoms with Crippen molar-refractivity contribution in [2.75, 3.05) is 11.4 Å². The minimum atomic E-state index is -0.541. The Bertz CT molecular complexity index is 1460. The molecule has 4 aromatic rings. The highest BCUT2D eigenvalue weighted by Crippen LogP contribution is 2.29. The number of nitrogens with one attached hydrogen (secondary N) is 1. The number of rotatable bonds is 7. The number of aromatic nitrogens is 2. The fourth-order valence-electron chi connectivity index (χ4n) is 4.18. The molecule has 1 aromatic heterocycles. The number of fused-ring (bicyclic) bond motifs is 1. The molecule has 0 saturated heterocycles. The lowest BCUT2D eigenvalue weighted by Crippen LogP contribution is -2.31. The van der Waals surface area contributed by atoms with Crippen LogP contribution in [0.1, 0.15) is 27.2 Å². The molecule has 182 valence electrons. The maximum Gasteiger partial charge on any atom is 0.298 e. The number of carbonyl (C=O) groups is 1. The molecule has 7 nitrogen and oxygen atoms in total. The van der Waals surface area contributed by atoms with Gasteiger partial charge in [0, 0.05) is 25.3 Å². The number of hydrogen-bond donors (Lipinski definition) is 1. The highest BCUT2D eigenvalue weighted by atomic mass is 19.1.